The summed E-state index contributed by atoms with van der Waals surface area (Å²) in [5.41, 5.74) is 1.90. The first-order valence-corrected chi connectivity index (χ1v) is 13.9. The SMILES string of the molecule is COC(=O)NC(C(=O)N1CC=CC1c1nc(-c2ccc(B3OC(C)(C)C(C)(C)O3)cc2)c[nH]1)C1CCCCC1. The molecule has 1 aromatic carbocycles. The molecule has 2 amide bonds. The van der Waals surface area contributed by atoms with E-state index in [1.165, 1.54) is 7.11 Å². The van der Waals surface area contributed by atoms with Gasteiger partial charge in [-0.05, 0) is 51.9 Å². The quantitative estimate of drug-likeness (QED) is 0.427. The molecular formula is C29H39BN4O5. The van der Waals surface area contributed by atoms with Gasteiger partial charge in [0.2, 0.25) is 5.91 Å². The monoisotopic (exact) mass is 534 g/mol. The van der Waals surface area contributed by atoms with Crippen LogP contribution in [0.4, 0.5) is 4.79 Å². The molecule has 2 N–H and O–H groups in total. The van der Waals surface area contributed by atoms with E-state index in [0.29, 0.717) is 12.4 Å². The molecular weight excluding hydrogens is 495 g/mol. The molecule has 3 heterocycles. The third-order valence-corrected chi connectivity index (χ3v) is 8.70. The Kier molecular flexibility index (Phi) is 7.61. The minimum Gasteiger partial charge on any atom is -0.453 e. The van der Waals surface area contributed by atoms with Gasteiger partial charge in [-0.2, -0.15) is 0 Å². The Morgan fingerprint density at radius 3 is 2.41 bits per heavy atom. The lowest BCUT2D eigenvalue weighted by molar-refractivity contribution is -0.135. The molecule has 208 valence electrons. The Hall–Kier alpha value is -3.11. The number of alkyl carbamates (subject to hydrolysis) is 1. The predicted molar refractivity (Wildman–Crippen MR) is 149 cm³/mol. The summed E-state index contributed by atoms with van der Waals surface area (Å²) in [5.74, 6) is 0.677. The molecule has 5 rings (SSSR count). The van der Waals surface area contributed by atoms with E-state index in [9.17, 15) is 9.59 Å². The smallest absolute Gasteiger partial charge is 0.453 e. The fourth-order valence-corrected chi connectivity index (χ4v) is 5.63. The third kappa shape index (κ3) is 5.49. The third-order valence-electron chi connectivity index (χ3n) is 8.70. The van der Waals surface area contributed by atoms with Gasteiger partial charge in [-0.1, -0.05) is 55.7 Å². The molecule has 10 heteroatoms. The number of amides is 2. The van der Waals surface area contributed by atoms with Gasteiger partial charge in [0.15, 0.2) is 0 Å². The standard InChI is InChI=1S/C29H39BN4O5/c1-28(2)29(3,4)39-30(38-28)21-15-13-19(14-16-21)22-18-31-25(32-22)23-12-9-17-34(23)26(35)24(33-27(36)37-5)20-10-7-6-8-11-20/h9,12-16,18,20,23-24H,6-8,10-11,17H2,1-5H3,(H,31,32)(H,33,36). The number of hydrogen-bond donors (Lipinski definition) is 2. The van der Waals surface area contributed by atoms with Crippen molar-refractivity contribution < 1.29 is 23.6 Å². The van der Waals surface area contributed by atoms with Crippen molar-refractivity contribution in [2.75, 3.05) is 13.7 Å². The van der Waals surface area contributed by atoms with Gasteiger partial charge in [-0.15, -0.1) is 0 Å². The summed E-state index contributed by atoms with van der Waals surface area (Å²) in [5, 5.41) is 2.82. The summed E-state index contributed by atoms with van der Waals surface area (Å²) in [6, 6.07) is 7.08. The number of nitrogens with zero attached hydrogens (tertiary/aromatic N) is 2. The highest BCUT2D eigenvalue weighted by Crippen LogP contribution is 2.37. The number of aromatic amines is 1. The lowest BCUT2D eigenvalue weighted by Gasteiger charge is -2.34. The van der Waals surface area contributed by atoms with E-state index in [2.05, 4.69) is 10.3 Å². The molecule has 2 atom stereocenters. The summed E-state index contributed by atoms with van der Waals surface area (Å²) in [6.45, 7) is 8.64. The lowest BCUT2D eigenvalue weighted by atomic mass is 9.79. The predicted octanol–water partition coefficient (Wildman–Crippen LogP) is 4.12. The highest BCUT2D eigenvalue weighted by molar-refractivity contribution is 6.62. The van der Waals surface area contributed by atoms with Gasteiger partial charge >= 0.3 is 13.2 Å². The summed E-state index contributed by atoms with van der Waals surface area (Å²) < 4.78 is 17.2. The molecule has 2 unspecified atom stereocenters. The Bertz CT molecular complexity index is 1200. The molecule has 1 aliphatic carbocycles. The van der Waals surface area contributed by atoms with Crippen molar-refractivity contribution in [3.63, 3.8) is 0 Å². The Labute approximate surface area is 230 Å². The number of hydrogen-bond acceptors (Lipinski definition) is 6. The van der Waals surface area contributed by atoms with E-state index in [4.69, 9.17) is 19.0 Å². The molecule has 3 aliphatic rings. The highest BCUT2D eigenvalue weighted by Gasteiger charge is 2.51. The largest absolute Gasteiger partial charge is 0.494 e. The number of methoxy groups -OCH3 is 1. The summed E-state index contributed by atoms with van der Waals surface area (Å²) in [4.78, 5) is 35.8. The van der Waals surface area contributed by atoms with E-state index in [0.717, 1.165) is 48.8 Å². The topological polar surface area (TPSA) is 106 Å². The first-order chi connectivity index (χ1) is 18.6. The number of carbonyl (C=O) groups excluding carboxylic acids is 2. The molecule has 1 saturated carbocycles. The number of carbonyl (C=O) groups is 2. The fraction of sp³-hybridized carbons (Fsp3) is 0.552. The maximum Gasteiger partial charge on any atom is 0.494 e. The zero-order chi connectivity index (χ0) is 27.8. The second-order valence-electron chi connectivity index (χ2n) is 11.8. The first-order valence-electron chi connectivity index (χ1n) is 13.9. The van der Waals surface area contributed by atoms with E-state index in [-0.39, 0.29) is 17.9 Å². The number of nitrogens with one attached hydrogen (secondary N) is 2. The Balaban J connectivity index is 1.31. The number of aromatic nitrogens is 2. The van der Waals surface area contributed by atoms with E-state index in [1.807, 2.05) is 70.3 Å². The Morgan fingerprint density at radius 1 is 1.10 bits per heavy atom. The van der Waals surface area contributed by atoms with Crippen molar-refractivity contribution in [1.29, 1.82) is 0 Å². The van der Waals surface area contributed by atoms with Gasteiger partial charge < -0.3 is 29.2 Å². The van der Waals surface area contributed by atoms with Crippen LogP contribution in [0.2, 0.25) is 0 Å². The number of ether oxygens (including phenoxy) is 1. The molecule has 1 saturated heterocycles. The molecule has 2 aliphatic heterocycles. The molecule has 2 aromatic rings. The van der Waals surface area contributed by atoms with Gasteiger partial charge in [-0.3, -0.25) is 4.79 Å². The van der Waals surface area contributed by atoms with Crippen LogP contribution < -0.4 is 10.8 Å². The molecule has 0 radical (unpaired) electrons. The van der Waals surface area contributed by atoms with Crippen molar-refractivity contribution in [3.8, 4) is 11.3 Å². The van der Waals surface area contributed by atoms with Crippen molar-refractivity contribution in [3.05, 3.63) is 48.4 Å². The summed E-state index contributed by atoms with van der Waals surface area (Å²) >= 11 is 0. The second kappa shape index (κ2) is 10.8. The van der Waals surface area contributed by atoms with Crippen LogP contribution in [0.1, 0.15) is 71.7 Å². The zero-order valence-corrected chi connectivity index (χ0v) is 23.5. The van der Waals surface area contributed by atoms with E-state index in [1.54, 1.807) is 4.90 Å². The fourth-order valence-electron chi connectivity index (χ4n) is 5.63. The van der Waals surface area contributed by atoms with Gasteiger partial charge in [0.1, 0.15) is 17.9 Å². The van der Waals surface area contributed by atoms with E-state index >= 15 is 0 Å². The maximum atomic E-state index is 13.8. The van der Waals surface area contributed by atoms with Crippen LogP contribution in [0.15, 0.2) is 42.6 Å². The van der Waals surface area contributed by atoms with Gasteiger partial charge in [0, 0.05) is 18.3 Å². The van der Waals surface area contributed by atoms with Gasteiger partial charge in [0.25, 0.3) is 0 Å². The van der Waals surface area contributed by atoms with Crippen LogP contribution in [0.25, 0.3) is 11.3 Å². The normalized spacial score (nSPS) is 23.2. The summed E-state index contributed by atoms with van der Waals surface area (Å²) in [7, 11) is 0.905. The van der Waals surface area contributed by atoms with Crippen molar-refractivity contribution >= 4 is 24.6 Å². The molecule has 0 spiro atoms. The number of H-pyrrole nitrogens is 1. The second-order valence-corrected chi connectivity index (χ2v) is 11.8. The average molecular weight is 534 g/mol. The van der Waals surface area contributed by atoms with Crippen molar-refractivity contribution in [2.45, 2.75) is 83.1 Å². The maximum absolute atomic E-state index is 13.8. The van der Waals surface area contributed by atoms with Crippen LogP contribution in [-0.2, 0) is 18.8 Å². The number of rotatable bonds is 6. The van der Waals surface area contributed by atoms with Crippen LogP contribution in [0.5, 0.6) is 0 Å². The summed E-state index contributed by atoms with van der Waals surface area (Å²) in [6.07, 6.45) is 10.4. The van der Waals surface area contributed by atoms with Crippen LogP contribution >= 0.6 is 0 Å². The number of benzene rings is 1. The highest BCUT2D eigenvalue weighted by atomic mass is 16.7. The van der Waals surface area contributed by atoms with Crippen LogP contribution in [-0.4, -0.2) is 64.9 Å². The van der Waals surface area contributed by atoms with Gasteiger partial charge in [0.05, 0.1) is 24.0 Å². The van der Waals surface area contributed by atoms with Crippen molar-refractivity contribution in [1.82, 2.24) is 20.2 Å². The first kappa shape index (κ1) is 27.5. The Morgan fingerprint density at radius 2 is 1.77 bits per heavy atom. The van der Waals surface area contributed by atoms with Crippen LogP contribution in [0, 0.1) is 5.92 Å². The molecule has 1 aromatic heterocycles. The van der Waals surface area contributed by atoms with Crippen LogP contribution in [0.3, 0.4) is 0 Å². The number of imidazole rings is 1. The van der Waals surface area contributed by atoms with Crippen molar-refractivity contribution in [2.24, 2.45) is 5.92 Å². The van der Waals surface area contributed by atoms with E-state index < -0.39 is 30.5 Å². The zero-order valence-electron chi connectivity index (χ0n) is 23.5. The minimum absolute atomic E-state index is 0.0984. The minimum atomic E-state index is -0.614. The molecule has 2 fully saturated rings. The molecule has 0 bridgehead atoms. The van der Waals surface area contributed by atoms with Gasteiger partial charge in [-0.25, -0.2) is 9.78 Å². The lowest BCUT2D eigenvalue weighted by Crippen LogP contribution is -2.52. The average Bonchev–Trinajstić information content (AvgIpc) is 3.65. The molecule has 39 heavy (non-hydrogen) atoms. The molecule has 9 nitrogen and oxygen atoms in total.